The SMILES string of the molecule is CCCCC(=O)N1CCCC1C(C)C. The number of rotatable bonds is 4. The fourth-order valence-electron chi connectivity index (χ4n) is 2.27. The van der Waals surface area contributed by atoms with Crippen LogP contribution in [0.1, 0.15) is 52.9 Å². The molecule has 0 aromatic heterocycles. The maximum Gasteiger partial charge on any atom is 0.222 e. The van der Waals surface area contributed by atoms with Gasteiger partial charge in [0.15, 0.2) is 0 Å². The van der Waals surface area contributed by atoms with Crippen LogP contribution in [0.25, 0.3) is 0 Å². The second-order valence-corrected chi connectivity index (χ2v) is 4.64. The molecule has 1 unspecified atom stereocenters. The minimum absolute atomic E-state index is 0.378. The standard InChI is InChI=1S/C12H23NO/c1-4-5-8-12(14)13-9-6-7-11(13)10(2)3/h10-11H,4-9H2,1-3H3. The van der Waals surface area contributed by atoms with E-state index >= 15 is 0 Å². The van der Waals surface area contributed by atoms with Crippen molar-refractivity contribution in [2.24, 2.45) is 5.92 Å². The number of amides is 1. The molecule has 1 fully saturated rings. The van der Waals surface area contributed by atoms with Gasteiger partial charge < -0.3 is 4.90 Å². The van der Waals surface area contributed by atoms with Crippen molar-refractivity contribution in [2.75, 3.05) is 6.54 Å². The molecule has 0 aromatic rings. The van der Waals surface area contributed by atoms with Crippen LogP contribution in [-0.4, -0.2) is 23.4 Å². The zero-order chi connectivity index (χ0) is 10.6. The van der Waals surface area contributed by atoms with Gasteiger partial charge in [-0.3, -0.25) is 4.79 Å². The summed E-state index contributed by atoms with van der Waals surface area (Å²) in [4.78, 5) is 14.0. The molecule has 1 atom stereocenters. The third-order valence-corrected chi connectivity index (χ3v) is 3.13. The van der Waals surface area contributed by atoms with Crippen molar-refractivity contribution in [3.63, 3.8) is 0 Å². The van der Waals surface area contributed by atoms with Gasteiger partial charge in [-0.2, -0.15) is 0 Å². The molecule has 0 aromatic carbocycles. The van der Waals surface area contributed by atoms with Crippen LogP contribution >= 0.6 is 0 Å². The smallest absolute Gasteiger partial charge is 0.222 e. The molecule has 2 heteroatoms. The highest BCUT2D eigenvalue weighted by molar-refractivity contribution is 5.76. The first-order chi connectivity index (χ1) is 6.66. The lowest BCUT2D eigenvalue weighted by Crippen LogP contribution is -2.38. The van der Waals surface area contributed by atoms with Crippen molar-refractivity contribution >= 4 is 5.91 Å². The summed E-state index contributed by atoms with van der Waals surface area (Å²) in [6.07, 6.45) is 5.31. The maximum atomic E-state index is 11.8. The summed E-state index contributed by atoms with van der Waals surface area (Å²) in [7, 11) is 0. The van der Waals surface area contributed by atoms with Gasteiger partial charge in [-0.25, -0.2) is 0 Å². The predicted molar refractivity (Wildman–Crippen MR) is 59.1 cm³/mol. The number of unbranched alkanes of at least 4 members (excludes halogenated alkanes) is 1. The summed E-state index contributed by atoms with van der Waals surface area (Å²) in [5, 5.41) is 0. The Balaban J connectivity index is 2.45. The lowest BCUT2D eigenvalue weighted by Gasteiger charge is -2.27. The molecule has 0 bridgehead atoms. The highest BCUT2D eigenvalue weighted by Crippen LogP contribution is 2.24. The molecule has 2 nitrogen and oxygen atoms in total. The molecule has 0 spiro atoms. The van der Waals surface area contributed by atoms with Crippen molar-refractivity contribution in [3.8, 4) is 0 Å². The van der Waals surface area contributed by atoms with E-state index in [1.54, 1.807) is 0 Å². The van der Waals surface area contributed by atoms with Gasteiger partial charge >= 0.3 is 0 Å². The third kappa shape index (κ3) is 2.73. The first kappa shape index (κ1) is 11.5. The number of carbonyl (C=O) groups is 1. The fraction of sp³-hybridized carbons (Fsp3) is 0.917. The molecular formula is C12H23NO. The average Bonchev–Trinajstić information content (AvgIpc) is 2.62. The highest BCUT2D eigenvalue weighted by Gasteiger charge is 2.29. The summed E-state index contributed by atoms with van der Waals surface area (Å²) < 4.78 is 0. The molecule has 14 heavy (non-hydrogen) atoms. The van der Waals surface area contributed by atoms with Gasteiger partial charge in [0.1, 0.15) is 0 Å². The van der Waals surface area contributed by atoms with Crippen LogP contribution in [0.2, 0.25) is 0 Å². The predicted octanol–water partition coefficient (Wildman–Crippen LogP) is 2.82. The van der Waals surface area contributed by atoms with Gasteiger partial charge in [0, 0.05) is 19.0 Å². The molecule has 1 aliphatic heterocycles. The van der Waals surface area contributed by atoms with Crippen LogP contribution in [0, 0.1) is 5.92 Å². The Morgan fingerprint density at radius 2 is 2.21 bits per heavy atom. The van der Waals surface area contributed by atoms with Crippen molar-refractivity contribution < 1.29 is 4.79 Å². The van der Waals surface area contributed by atoms with Gasteiger partial charge in [0.05, 0.1) is 0 Å². The number of hydrogen-bond acceptors (Lipinski definition) is 1. The summed E-state index contributed by atoms with van der Waals surface area (Å²) in [6, 6.07) is 0.513. The minimum Gasteiger partial charge on any atom is -0.339 e. The average molecular weight is 197 g/mol. The van der Waals surface area contributed by atoms with Crippen molar-refractivity contribution in [1.29, 1.82) is 0 Å². The highest BCUT2D eigenvalue weighted by atomic mass is 16.2. The first-order valence-corrected chi connectivity index (χ1v) is 5.96. The number of carbonyl (C=O) groups excluding carboxylic acids is 1. The normalized spacial score (nSPS) is 22.0. The van der Waals surface area contributed by atoms with E-state index in [2.05, 4.69) is 25.7 Å². The van der Waals surface area contributed by atoms with Crippen LogP contribution < -0.4 is 0 Å². The molecule has 1 aliphatic rings. The van der Waals surface area contributed by atoms with E-state index in [4.69, 9.17) is 0 Å². The largest absolute Gasteiger partial charge is 0.339 e. The summed E-state index contributed by atoms with van der Waals surface area (Å²) in [5.41, 5.74) is 0. The lowest BCUT2D eigenvalue weighted by atomic mass is 10.0. The Hall–Kier alpha value is -0.530. The molecule has 0 aliphatic carbocycles. The van der Waals surface area contributed by atoms with Crippen LogP contribution in [0.4, 0.5) is 0 Å². The van der Waals surface area contributed by atoms with Gasteiger partial charge in [0.2, 0.25) is 5.91 Å². The van der Waals surface area contributed by atoms with E-state index < -0.39 is 0 Å². The Morgan fingerprint density at radius 1 is 1.50 bits per heavy atom. The lowest BCUT2D eigenvalue weighted by molar-refractivity contribution is -0.132. The zero-order valence-corrected chi connectivity index (χ0v) is 9.75. The summed E-state index contributed by atoms with van der Waals surface area (Å²) in [6.45, 7) is 7.56. The van der Waals surface area contributed by atoms with Gasteiger partial charge in [0.25, 0.3) is 0 Å². The third-order valence-electron chi connectivity index (χ3n) is 3.13. The summed E-state index contributed by atoms with van der Waals surface area (Å²) >= 11 is 0. The Morgan fingerprint density at radius 3 is 2.79 bits per heavy atom. The van der Waals surface area contributed by atoms with Crippen molar-refractivity contribution in [3.05, 3.63) is 0 Å². The number of likely N-dealkylation sites (tertiary alicyclic amines) is 1. The number of nitrogens with zero attached hydrogens (tertiary/aromatic N) is 1. The molecule has 0 saturated carbocycles. The quantitative estimate of drug-likeness (QED) is 0.678. The van der Waals surface area contributed by atoms with Gasteiger partial charge in [-0.1, -0.05) is 27.2 Å². The van der Waals surface area contributed by atoms with Gasteiger partial charge in [-0.05, 0) is 25.2 Å². The zero-order valence-electron chi connectivity index (χ0n) is 9.75. The molecule has 0 N–H and O–H groups in total. The Bertz CT molecular complexity index is 189. The fourth-order valence-corrected chi connectivity index (χ4v) is 2.27. The Kier molecular flexibility index (Phi) is 4.43. The van der Waals surface area contributed by atoms with Gasteiger partial charge in [-0.15, -0.1) is 0 Å². The maximum absolute atomic E-state index is 11.8. The first-order valence-electron chi connectivity index (χ1n) is 5.96. The number of hydrogen-bond donors (Lipinski definition) is 0. The van der Waals surface area contributed by atoms with Crippen molar-refractivity contribution in [2.45, 2.75) is 58.9 Å². The van der Waals surface area contributed by atoms with E-state index in [1.807, 2.05) is 0 Å². The van der Waals surface area contributed by atoms with Crippen molar-refractivity contribution in [1.82, 2.24) is 4.90 Å². The van der Waals surface area contributed by atoms with E-state index in [1.165, 1.54) is 12.8 Å². The molecule has 1 rings (SSSR count). The monoisotopic (exact) mass is 197 g/mol. The van der Waals surface area contributed by atoms with Crippen LogP contribution in [0.3, 0.4) is 0 Å². The summed E-state index contributed by atoms with van der Waals surface area (Å²) in [5.74, 6) is 0.992. The van der Waals surface area contributed by atoms with E-state index in [0.717, 1.165) is 25.8 Å². The second-order valence-electron chi connectivity index (χ2n) is 4.64. The van der Waals surface area contributed by atoms with Crippen LogP contribution in [0.5, 0.6) is 0 Å². The van der Waals surface area contributed by atoms with E-state index in [-0.39, 0.29) is 0 Å². The van der Waals surface area contributed by atoms with Crippen LogP contribution in [0.15, 0.2) is 0 Å². The van der Waals surface area contributed by atoms with Crippen LogP contribution in [-0.2, 0) is 4.79 Å². The molecule has 1 saturated heterocycles. The van der Waals surface area contributed by atoms with E-state index in [9.17, 15) is 4.79 Å². The molecule has 1 amide bonds. The molecule has 82 valence electrons. The molecule has 0 radical (unpaired) electrons. The molecular weight excluding hydrogens is 174 g/mol. The second kappa shape index (κ2) is 5.38. The minimum atomic E-state index is 0.378. The topological polar surface area (TPSA) is 20.3 Å². The Labute approximate surface area is 87.7 Å². The van der Waals surface area contributed by atoms with E-state index in [0.29, 0.717) is 17.9 Å². The molecule has 1 heterocycles.